The van der Waals surface area contributed by atoms with Crippen molar-refractivity contribution in [3.63, 3.8) is 0 Å². The summed E-state index contributed by atoms with van der Waals surface area (Å²) in [7, 11) is 2.07. The van der Waals surface area contributed by atoms with Crippen molar-refractivity contribution >= 4 is 0 Å². The van der Waals surface area contributed by atoms with Crippen LogP contribution in [-0.4, -0.2) is 40.7 Å². The fourth-order valence-corrected chi connectivity index (χ4v) is 3.25. The molecule has 2 heterocycles. The SMILES string of the molecule is Cn1ccnc1[C@@H]1CCCN(CCCOc2ccc(F)cc2)C1. The zero-order valence-corrected chi connectivity index (χ0v) is 13.6. The van der Waals surface area contributed by atoms with E-state index >= 15 is 0 Å². The van der Waals surface area contributed by atoms with Crippen molar-refractivity contribution in [3.8, 4) is 5.75 Å². The summed E-state index contributed by atoms with van der Waals surface area (Å²) >= 11 is 0. The van der Waals surface area contributed by atoms with Crippen molar-refractivity contribution in [2.24, 2.45) is 7.05 Å². The first-order valence-corrected chi connectivity index (χ1v) is 8.30. The molecular weight excluding hydrogens is 293 g/mol. The van der Waals surface area contributed by atoms with Crippen molar-refractivity contribution < 1.29 is 9.13 Å². The zero-order valence-electron chi connectivity index (χ0n) is 13.6. The molecule has 0 aliphatic carbocycles. The normalized spacial score (nSPS) is 19.0. The first-order valence-electron chi connectivity index (χ1n) is 8.30. The van der Waals surface area contributed by atoms with Gasteiger partial charge in [-0.25, -0.2) is 9.37 Å². The predicted octanol–water partition coefficient (Wildman–Crippen LogP) is 3.21. The number of hydrogen-bond donors (Lipinski definition) is 0. The summed E-state index contributed by atoms with van der Waals surface area (Å²) < 4.78 is 20.6. The van der Waals surface area contributed by atoms with Crippen molar-refractivity contribution in [2.45, 2.75) is 25.2 Å². The molecule has 3 rings (SSSR count). The highest BCUT2D eigenvalue weighted by molar-refractivity contribution is 5.21. The highest BCUT2D eigenvalue weighted by Crippen LogP contribution is 2.25. The molecule has 124 valence electrons. The van der Waals surface area contributed by atoms with Gasteiger partial charge in [0.05, 0.1) is 6.61 Å². The Kier molecular flexibility index (Phi) is 5.28. The average molecular weight is 317 g/mol. The van der Waals surface area contributed by atoms with Crippen molar-refractivity contribution in [3.05, 3.63) is 48.3 Å². The van der Waals surface area contributed by atoms with Crippen LogP contribution in [0.4, 0.5) is 4.39 Å². The van der Waals surface area contributed by atoms with E-state index in [0.717, 1.165) is 31.8 Å². The third kappa shape index (κ3) is 4.32. The summed E-state index contributed by atoms with van der Waals surface area (Å²) in [6, 6.07) is 6.20. The zero-order chi connectivity index (χ0) is 16.1. The fraction of sp³-hybridized carbons (Fsp3) is 0.500. The maximum Gasteiger partial charge on any atom is 0.123 e. The lowest BCUT2D eigenvalue weighted by molar-refractivity contribution is 0.185. The third-order valence-corrected chi connectivity index (χ3v) is 4.43. The summed E-state index contributed by atoms with van der Waals surface area (Å²) in [6.07, 6.45) is 7.31. The van der Waals surface area contributed by atoms with Gasteiger partial charge in [-0.2, -0.15) is 0 Å². The predicted molar refractivity (Wildman–Crippen MR) is 88.1 cm³/mol. The van der Waals surface area contributed by atoms with Crippen LogP contribution in [0.15, 0.2) is 36.7 Å². The molecular formula is C18H24FN3O. The van der Waals surface area contributed by atoms with E-state index in [2.05, 4.69) is 21.5 Å². The van der Waals surface area contributed by atoms with E-state index in [1.807, 2.05) is 12.4 Å². The lowest BCUT2D eigenvalue weighted by Crippen LogP contribution is -2.36. The summed E-state index contributed by atoms with van der Waals surface area (Å²) in [5.41, 5.74) is 0. The molecule has 1 aromatic carbocycles. The first-order chi connectivity index (χ1) is 11.2. The minimum absolute atomic E-state index is 0.231. The van der Waals surface area contributed by atoms with Gasteiger partial charge in [-0.1, -0.05) is 0 Å². The van der Waals surface area contributed by atoms with Crippen LogP contribution in [0.3, 0.4) is 0 Å². The molecule has 0 radical (unpaired) electrons. The molecule has 1 fully saturated rings. The molecule has 1 atom stereocenters. The quantitative estimate of drug-likeness (QED) is 0.767. The van der Waals surface area contributed by atoms with E-state index in [4.69, 9.17) is 4.74 Å². The molecule has 1 aliphatic rings. The molecule has 1 aliphatic heterocycles. The second-order valence-electron chi connectivity index (χ2n) is 6.19. The molecule has 0 saturated carbocycles. The number of nitrogens with zero attached hydrogens (tertiary/aromatic N) is 3. The molecule has 0 spiro atoms. The van der Waals surface area contributed by atoms with Crippen LogP contribution in [0.25, 0.3) is 0 Å². The fourth-order valence-electron chi connectivity index (χ4n) is 3.25. The van der Waals surface area contributed by atoms with Gasteiger partial charge in [0, 0.05) is 38.4 Å². The number of aromatic nitrogens is 2. The Balaban J connectivity index is 1.41. The first kappa shape index (κ1) is 16.0. The Morgan fingerprint density at radius 3 is 2.87 bits per heavy atom. The number of imidazole rings is 1. The smallest absolute Gasteiger partial charge is 0.123 e. The Labute approximate surface area is 136 Å². The van der Waals surface area contributed by atoms with E-state index in [9.17, 15) is 4.39 Å². The van der Waals surface area contributed by atoms with E-state index in [1.165, 1.54) is 30.8 Å². The molecule has 0 amide bonds. The Hall–Kier alpha value is -1.88. The van der Waals surface area contributed by atoms with E-state index in [-0.39, 0.29) is 5.82 Å². The second-order valence-corrected chi connectivity index (χ2v) is 6.19. The lowest BCUT2D eigenvalue weighted by atomic mass is 9.97. The summed E-state index contributed by atoms with van der Waals surface area (Å²) in [4.78, 5) is 6.99. The second kappa shape index (κ2) is 7.59. The number of benzene rings is 1. The monoisotopic (exact) mass is 317 g/mol. The molecule has 2 aromatic rings. The van der Waals surface area contributed by atoms with E-state index in [0.29, 0.717) is 12.5 Å². The van der Waals surface area contributed by atoms with Gasteiger partial charge in [0.2, 0.25) is 0 Å². The van der Waals surface area contributed by atoms with E-state index < -0.39 is 0 Å². The van der Waals surface area contributed by atoms with Gasteiger partial charge in [0.15, 0.2) is 0 Å². The standard InChI is InChI=1S/C18H24FN3O/c1-21-12-9-20-18(21)15-4-2-10-22(14-15)11-3-13-23-17-7-5-16(19)6-8-17/h5-9,12,15H,2-4,10-11,13-14H2,1H3/t15-/m1/s1. The summed E-state index contributed by atoms with van der Waals surface area (Å²) in [5, 5.41) is 0. The Bertz CT molecular complexity index is 611. The van der Waals surface area contributed by atoms with Crippen molar-refractivity contribution in [2.75, 3.05) is 26.2 Å². The minimum Gasteiger partial charge on any atom is -0.494 e. The molecule has 1 saturated heterocycles. The van der Waals surface area contributed by atoms with Gasteiger partial charge in [0.1, 0.15) is 17.4 Å². The van der Waals surface area contributed by atoms with E-state index in [1.54, 1.807) is 12.1 Å². The topological polar surface area (TPSA) is 30.3 Å². The van der Waals surface area contributed by atoms with Crippen LogP contribution in [0, 0.1) is 5.82 Å². The largest absolute Gasteiger partial charge is 0.494 e. The van der Waals surface area contributed by atoms with Gasteiger partial charge >= 0.3 is 0 Å². The van der Waals surface area contributed by atoms with Gasteiger partial charge in [0.25, 0.3) is 0 Å². The maximum atomic E-state index is 12.8. The average Bonchev–Trinajstić information content (AvgIpc) is 3.00. The van der Waals surface area contributed by atoms with Crippen molar-refractivity contribution in [1.82, 2.24) is 14.5 Å². The number of piperidine rings is 1. The molecule has 4 nitrogen and oxygen atoms in total. The molecule has 5 heteroatoms. The van der Waals surface area contributed by atoms with Crippen molar-refractivity contribution in [1.29, 1.82) is 0 Å². The molecule has 0 unspecified atom stereocenters. The number of rotatable bonds is 6. The Morgan fingerprint density at radius 1 is 1.30 bits per heavy atom. The van der Waals surface area contributed by atoms with Gasteiger partial charge in [-0.15, -0.1) is 0 Å². The maximum absolute atomic E-state index is 12.8. The van der Waals surface area contributed by atoms with Crippen LogP contribution in [0.1, 0.15) is 31.0 Å². The van der Waals surface area contributed by atoms with Crippen LogP contribution in [-0.2, 0) is 7.05 Å². The molecule has 0 bridgehead atoms. The van der Waals surface area contributed by atoms with Crippen LogP contribution < -0.4 is 4.74 Å². The van der Waals surface area contributed by atoms with Crippen LogP contribution >= 0.6 is 0 Å². The summed E-state index contributed by atoms with van der Waals surface area (Å²) in [6.45, 7) is 3.91. The van der Waals surface area contributed by atoms with Gasteiger partial charge in [-0.3, -0.25) is 0 Å². The highest BCUT2D eigenvalue weighted by Gasteiger charge is 2.23. The molecule has 23 heavy (non-hydrogen) atoms. The Morgan fingerprint density at radius 2 is 2.13 bits per heavy atom. The number of hydrogen-bond acceptors (Lipinski definition) is 3. The number of aryl methyl sites for hydroxylation is 1. The minimum atomic E-state index is -0.231. The lowest BCUT2D eigenvalue weighted by Gasteiger charge is -2.32. The molecule has 0 N–H and O–H groups in total. The van der Waals surface area contributed by atoms with Gasteiger partial charge in [-0.05, 0) is 50.1 Å². The van der Waals surface area contributed by atoms with Crippen LogP contribution in [0.5, 0.6) is 5.75 Å². The van der Waals surface area contributed by atoms with Gasteiger partial charge < -0.3 is 14.2 Å². The number of likely N-dealkylation sites (tertiary alicyclic amines) is 1. The highest BCUT2D eigenvalue weighted by atomic mass is 19.1. The number of halogens is 1. The summed E-state index contributed by atoms with van der Waals surface area (Å²) in [5.74, 6) is 2.22. The van der Waals surface area contributed by atoms with Crippen LogP contribution in [0.2, 0.25) is 0 Å². The third-order valence-electron chi connectivity index (χ3n) is 4.43. The molecule has 1 aromatic heterocycles. The number of ether oxygens (including phenoxy) is 1.